The average Bonchev–Trinajstić information content (AvgIpc) is 2.78. The lowest BCUT2D eigenvalue weighted by Crippen LogP contribution is -2.62. The number of amides is 1. The van der Waals surface area contributed by atoms with Crippen LogP contribution in [-0.4, -0.2) is 28.0 Å². The maximum atomic E-state index is 13.0. The lowest BCUT2D eigenvalue weighted by Gasteiger charge is -2.46. The van der Waals surface area contributed by atoms with E-state index in [0.29, 0.717) is 27.6 Å². The Bertz CT molecular complexity index is 1270. The van der Waals surface area contributed by atoms with Gasteiger partial charge in [-0.3, -0.25) is 9.78 Å². The first-order chi connectivity index (χ1) is 16.6. The minimum Gasteiger partial charge on any atom is -0.454 e. The molecule has 1 saturated heterocycles. The maximum Gasteiger partial charge on any atom is 0.251 e. The summed E-state index contributed by atoms with van der Waals surface area (Å²) in [6, 6.07) is 16.3. The monoisotopic (exact) mass is 488 g/mol. The molecule has 1 amide bonds. The first-order valence-corrected chi connectivity index (χ1v) is 12.0. The lowest BCUT2D eigenvalue weighted by molar-refractivity contribution is 0.0873. The molecule has 2 N–H and O–H groups in total. The van der Waals surface area contributed by atoms with Crippen LogP contribution in [0, 0.1) is 11.3 Å². The molecule has 0 saturated carbocycles. The van der Waals surface area contributed by atoms with E-state index in [0.717, 1.165) is 24.0 Å². The Hall–Kier alpha value is -3.40. The molecule has 6 nitrogen and oxygen atoms in total. The zero-order valence-electron chi connectivity index (χ0n) is 20.4. The average molecular weight is 489 g/mol. The third-order valence-electron chi connectivity index (χ3n) is 6.07. The van der Waals surface area contributed by atoms with Gasteiger partial charge in [0.05, 0.1) is 5.02 Å². The second-order valence-corrected chi connectivity index (χ2v) is 10.7. The van der Waals surface area contributed by atoms with Crippen molar-refractivity contribution in [3.05, 3.63) is 77.1 Å². The van der Waals surface area contributed by atoms with Gasteiger partial charge in [0, 0.05) is 40.6 Å². The number of pyridine rings is 1. The summed E-state index contributed by atoms with van der Waals surface area (Å²) in [6.45, 7) is 8.59. The fraction of sp³-hybridized carbons (Fsp3) is 0.321. The number of aromatic nitrogens is 1. The molecule has 0 bridgehead atoms. The van der Waals surface area contributed by atoms with E-state index in [-0.39, 0.29) is 23.0 Å². The van der Waals surface area contributed by atoms with E-state index < -0.39 is 0 Å². The van der Waals surface area contributed by atoms with E-state index >= 15 is 0 Å². The number of carbonyl (C=O) groups is 1. The Morgan fingerprint density at radius 1 is 1.09 bits per heavy atom. The standard InChI is InChI=1S/C28H29ClN4O2/c1-27(2)15-20(16-28(3,4)33-27)32-26(34)19-8-9-25(23(29)14-19)35-24-7-5-6-21(22(24)17-30)18-10-12-31-13-11-18/h5-14,20,33H,15-16H2,1-4H3,(H,32,34). The Balaban J connectivity index is 1.53. The normalized spacial score (nSPS) is 16.8. The number of ether oxygens (including phenoxy) is 1. The van der Waals surface area contributed by atoms with Gasteiger partial charge in [0.1, 0.15) is 23.1 Å². The minimum absolute atomic E-state index is 0.0533. The molecule has 1 fully saturated rings. The van der Waals surface area contributed by atoms with Gasteiger partial charge in [-0.15, -0.1) is 0 Å². The van der Waals surface area contributed by atoms with Gasteiger partial charge >= 0.3 is 0 Å². The highest BCUT2D eigenvalue weighted by Crippen LogP contribution is 2.36. The smallest absolute Gasteiger partial charge is 0.251 e. The number of nitriles is 1. The van der Waals surface area contributed by atoms with Gasteiger partial charge in [0.15, 0.2) is 0 Å². The summed E-state index contributed by atoms with van der Waals surface area (Å²) in [6.07, 6.45) is 5.02. The molecule has 0 atom stereocenters. The van der Waals surface area contributed by atoms with Gasteiger partial charge in [-0.05, 0) is 82.5 Å². The van der Waals surface area contributed by atoms with Gasteiger partial charge in [-0.25, -0.2) is 0 Å². The molecule has 1 aromatic heterocycles. The predicted molar refractivity (Wildman–Crippen MR) is 138 cm³/mol. The number of benzene rings is 2. The fourth-order valence-electron chi connectivity index (χ4n) is 5.04. The van der Waals surface area contributed by atoms with Gasteiger partial charge in [0.25, 0.3) is 5.91 Å². The van der Waals surface area contributed by atoms with Gasteiger partial charge < -0.3 is 15.4 Å². The molecule has 4 rings (SSSR count). The van der Waals surface area contributed by atoms with Crippen LogP contribution in [0.1, 0.15) is 56.5 Å². The summed E-state index contributed by atoms with van der Waals surface area (Å²) in [5, 5.41) is 16.9. The first kappa shape index (κ1) is 24.7. The summed E-state index contributed by atoms with van der Waals surface area (Å²) in [7, 11) is 0. The molecule has 0 radical (unpaired) electrons. The SMILES string of the molecule is CC1(C)CC(NC(=O)c2ccc(Oc3cccc(-c4ccncc4)c3C#N)c(Cl)c2)CC(C)(C)N1. The molecule has 0 spiro atoms. The van der Waals surface area contributed by atoms with Gasteiger partial charge in [-0.1, -0.05) is 23.7 Å². The van der Waals surface area contributed by atoms with Crippen LogP contribution in [0.3, 0.4) is 0 Å². The number of hydrogen-bond donors (Lipinski definition) is 2. The number of nitrogens with one attached hydrogen (secondary N) is 2. The van der Waals surface area contributed by atoms with Crippen LogP contribution in [0.4, 0.5) is 0 Å². The molecular formula is C28H29ClN4O2. The molecule has 3 aromatic rings. The molecular weight excluding hydrogens is 460 g/mol. The highest BCUT2D eigenvalue weighted by molar-refractivity contribution is 6.32. The van der Waals surface area contributed by atoms with Crippen molar-refractivity contribution >= 4 is 17.5 Å². The summed E-state index contributed by atoms with van der Waals surface area (Å²) in [5.74, 6) is 0.588. The molecule has 1 aliphatic heterocycles. The van der Waals surface area contributed by atoms with Gasteiger partial charge in [0.2, 0.25) is 0 Å². The van der Waals surface area contributed by atoms with Crippen LogP contribution in [0.2, 0.25) is 5.02 Å². The molecule has 1 aliphatic rings. The van der Waals surface area contributed by atoms with E-state index in [1.165, 1.54) is 0 Å². The molecule has 7 heteroatoms. The Morgan fingerprint density at radius 2 is 1.77 bits per heavy atom. The van der Waals surface area contributed by atoms with E-state index in [4.69, 9.17) is 16.3 Å². The highest BCUT2D eigenvalue weighted by Gasteiger charge is 2.38. The van der Waals surface area contributed by atoms with E-state index in [9.17, 15) is 10.1 Å². The lowest BCUT2D eigenvalue weighted by atomic mass is 9.79. The number of nitrogens with zero attached hydrogens (tertiary/aromatic N) is 2. The third-order valence-corrected chi connectivity index (χ3v) is 6.36. The van der Waals surface area contributed by atoms with Crippen LogP contribution < -0.4 is 15.4 Å². The van der Waals surface area contributed by atoms with Crippen LogP contribution in [0.25, 0.3) is 11.1 Å². The quantitative estimate of drug-likeness (QED) is 0.452. The van der Waals surface area contributed by atoms with Crippen LogP contribution in [-0.2, 0) is 0 Å². The Kier molecular flexibility index (Phi) is 6.84. The molecule has 0 unspecified atom stereocenters. The molecule has 2 aromatic carbocycles. The molecule has 35 heavy (non-hydrogen) atoms. The van der Waals surface area contributed by atoms with Crippen molar-refractivity contribution in [1.82, 2.24) is 15.6 Å². The molecule has 0 aliphatic carbocycles. The van der Waals surface area contributed by atoms with E-state index in [2.05, 4.69) is 49.4 Å². The van der Waals surface area contributed by atoms with Gasteiger partial charge in [-0.2, -0.15) is 5.26 Å². The van der Waals surface area contributed by atoms with Crippen LogP contribution >= 0.6 is 11.6 Å². The predicted octanol–water partition coefficient (Wildman–Crippen LogP) is 6.10. The number of carbonyl (C=O) groups excluding carboxylic acids is 1. The van der Waals surface area contributed by atoms with Crippen LogP contribution in [0.5, 0.6) is 11.5 Å². The number of piperidine rings is 1. The Labute approximate surface area is 211 Å². The Morgan fingerprint density at radius 3 is 2.40 bits per heavy atom. The third kappa shape index (κ3) is 5.82. The number of rotatable bonds is 5. The highest BCUT2D eigenvalue weighted by atomic mass is 35.5. The topological polar surface area (TPSA) is 87.0 Å². The first-order valence-electron chi connectivity index (χ1n) is 11.6. The largest absolute Gasteiger partial charge is 0.454 e. The summed E-state index contributed by atoms with van der Waals surface area (Å²) >= 11 is 6.50. The summed E-state index contributed by atoms with van der Waals surface area (Å²) < 4.78 is 6.02. The number of halogens is 1. The van der Waals surface area contributed by atoms with Crippen molar-refractivity contribution in [3.8, 4) is 28.7 Å². The van der Waals surface area contributed by atoms with Crippen molar-refractivity contribution in [2.45, 2.75) is 57.7 Å². The fourth-order valence-corrected chi connectivity index (χ4v) is 5.26. The van der Waals surface area contributed by atoms with E-state index in [1.807, 2.05) is 24.3 Å². The summed E-state index contributed by atoms with van der Waals surface area (Å²) in [5.41, 5.74) is 2.32. The zero-order chi connectivity index (χ0) is 25.2. The second kappa shape index (κ2) is 9.69. The summed E-state index contributed by atoms with van der Waals surface area (Å²) in [4.78, 5) is 17.0. The second-order valence-electron chi connectivity index (χ2n) is 10.2. The van der Waals surface area contributed by atoms with Crippen molar-refractivity contribution in [1.29, 1.82) is 5.26 Å². The van der Waals surface area contributed by atoms with Crippen molar-refractivity contribution < 1.29 is 9.53 Å². The van der Waals surface area contributed by atoms with Crippen molar-refractivity contribution in [2.75, 3.05) is 0 Å². The zero-order valence-corrected chi connectivity index (χ0v) is 21.1. The number of hydrogen-bond acceptors (Lipinski definition) is 5. The molecule has 2 heterocycles. The maximum absolute atomic E-state index is 13.0. The van der Waals surface area contributed by atoms with E-state index in [1.54, 1.807) is 36.7 Å². The molecule has 180 valence electrons. The van der Waals surface area contributed by atoms with Crippen LogP contribution in [0.15, 0.2) is 60.9 Å². The minimum atomic E-state index is -0.172. The van der Waals surface area contributed by atoms with Crippen molar-refractivity contribution in [3.63, 3.8) is 0 Å². The van der Waals surface area contributed by atoms with Crippen molar-refractivity contribution in [2.24, 2.45) is 0 Å².